The summed E-state index contributed by atoms with van der Waals surface area (Å²) in [6.07, 6.45) is 2.57. The van der Waals surface area contributed by atoms with E-state index in [0.29, 0.717) is 0 Å². The fourth-order valence-electron chi connectivity index (χ4n) is 1.01. The van der Waals surface area contributed by atoms with Gasteiger partial charge in [0, 0.05) is 0 Å². The third-order valence-electron chi connectivity index (χ3n) is 1.70. The van der Waals surface area contributed by atoms with Crippen molar-refractivity contribution in [1.82, 2.24) is 0 Å². The molecule has 1 aromatic carbocycles. The Kier molecular flexibility index (Phi) is 5.95. The van der Waals surface area contributed by atoms with Crippen LogP contribution < -0.4 is 0 Å². The number of hydrogen-bond donors (Lipinski definition) is 0. The minimum atomic E-state index is -0.905. The zero-order valence-corrected chi connectivity index (χ0v) is 9.00. The highest BCUT2D eigenvalue weighted by Gasteiger charge is 2.01. The zero-order chi connectivity index (χ0) is 12.3. The molecule has 0 aliphatic rings. The van der Waals surface area contributed by atoms with Gasteiger partial charge in [-0.1, -0.05) is 36.4 Å². The summed E-state index contributed by atoms with van der Waals surface area (Å²) < 4.78 is 13.0. The molecule has 1 aromatic rings. The van der Waals surface area contributed by atoms with Crippen molar-refractivity contribution in [3.63, 3.8) is 0 Å². The summed E-state index contributed by atoms with van der Waals surface area (Å²) in [5.74, 6) is 0. The molecule has 0 bridgehead atoms. The van der Waals surface area contributed by atoms with Gasteiger partial charge < -0.3 is 14.2 Å². The third kappa shape index (κ3) is 5.99. The first kappa shape index (κ1) is 12.8. The van der Waals surface area contributed by atoms with E-state index < -0.39 is 12.9 Å². The first-order chi connectivity index (χ1) is 8.33. The van der Waals surface area contributed by atoms with Crippen LogP contribution in [0.4, 0.5) is 4.79 Å². The molecule has 5 nitrogen and oxygen atoms in total. The van der Waals surface area contributed by atoms with Gasteiger partial charge in [-0.05, 0) is 11.6 Å². The third-order valence-corrected chi connectivity index (χ3v) is 1.70. The summed E-state index contributed by atoms with van der Waals surface area (Å²) in [7, 11) is 0. The first-order valence-electron chi connectivity index (χ1n) is 4.83. The molecule has 0 N–H and O–H groups in total. The van der Waals surface area contributed by atoms with E-state index in [1.54, 1.807) is 6.08 Å². The summed E-state index contributed by atoms with van der Waals surface area (Å²) in [4.78, 5) is 20.5. The van der Waals surface area contributed by atoms with E-state index in [0.717, 1.165) is 12.0 Å². The number of ether oxygens (including phenoxy) is 3. The predicted molar refractivity (Wildman–Crippen MR) is 59.6 cm³/mol. The molecular weight excluding hydrogens is 224 g/mol. The van der Waals surface area contributed by atoms with Gasteiger partial charge in [-0.3, -0.25) is 0 Å². The standard InChI is InChI=1S/C12H11O5/c13-9-15-10-17-12(14)16-8-4-7-11-5-2-1-3-6-11/h1-7H,8,10H2/b7-4+. The quantitative estimate of drug-likeness (QED) is 0.428. The molecular formula is C12H11O5. The molecule has 0 atom stereocenters. The normalized spacial score (nSPS) is 9.88. The fraction of sp³-hybridized carbons (Fsp3) is 0.167. The van der Waals surface area contributed by atoms with E-state index in [-0.39, 0.29) is 6.61 Å². The van der Waals surface area contributed by atoms with Gasteiger partial charge >= 0.3 is 12.6 Å². The summed E-state index contributed by atoms with van der Waals surface area (Å²) in [6, 6.07) is 9.56. The molecule has 0 saturated heterocycles. The lowest BCUT2D eigenvalue weighted by Gasteiger charge is -2.01. The minimum Gasteiger partial charge on any atom is -0.430 e. The van der Waals surface area contributed by atoms with Crippen LogP contribution >= 0.6 is 0 Å². The summed E-state index contributed by atoms with van der Waals surface area (Å²) in [6.45, 7) is 0.702. The second-order valence-corrected chi connectivity index (χ2v) is 2.86. The highest BCUT2D eigenvalue weighted by atomic mass is 16.8. The molecule has 1 rings (SSSR count). The largest absolute Gasteiger partial charge is 0.511 e. The Morgan fingerprint density at radius 1 is 1.24 bits per heavy atom. The van der Waals surface area contributed by atoms with E-state index >= 15 is 0 Å². The Balaban J connectivity index is 2.17. The van der Waals surface area contributed by atoms with Crippen molar-refractivity contribution >= 4 is 18.7 Å². The van der Waals surface area contributed by atoms with Crippen molar-refractivity contribution < 1.29 is 23.8 Å². The molecule has 0 amide bonds. The fourth-order valence-corrected chi connectivity index (χ4v) is 1.01. The van der Waals surface area contributed by atoms with E-state index in [1.165, 1.54) is 0 Å². The molecule has 0 aliphatic carbocycles. The van der Waals surface area contributed by atoms with Crippen molar-refractivity contribution in [2.24, 2.45) is 0 Å². The van der Waals surface area contributed by atoms with Crippen LogP contribution in [0.5, 0.6) is 0 Å². The molecule has 89 valence electrons. The lowest BCUT2D eigenvalue weighted by atomic mass is 10.2. The van der Waals surface area contributed by atoms with Gasteiger partial charge in [0.05, 0.1) is 0 Å². The monoisotopic (exact) mass is 235 g/mol. The summed E-state index contributed by atoms with van der Waals surface area (Å²) >= 11 is 0. The van der Waals surface area contributed by atoms with Crippen LogP contribution in [-0.4, -0.2) is 26.0 Å². The summed E-state index contributed by atoms with van der Waals surface area (Å²) in [5.41, 5.74) is 1.00. The highest BCUT2D eigenvalue weighted by Crippen LogP contribution is 2.00. The molecule has 0 spiro atoms. The molecule has 0 unspecified atom stereocenters. The molecule has 5 heteroatoms. The van der Waals surface area contributed by atoms with Crippen molar-refractivity contribution in [3.8, 4) is 0 Å². The number of hydrogen-bond acceptors (Lipinski definition) is 5. The number of carbonyl (C=O) groups is 1. The minimum absolute atomic E-state index is 0.0819. The smallest absolute Gasteiger partial charge is 0.430 e. The average molecular weight is 235 g/mol. The van der Waals surface area contributed by atoms with Gasteiger partial charge in [0.15, 0.2) is 0 Å². The Bertz CT molecular complexity index is 372. The maximum atomic E-state index is 10.8. The second-order valence-electron chi connectivity index (χ2n) is 2.86. The lowest BCUT2D eigenvalue weighted by molar-refractivity contribution is 0.00350. The van der Waals surface area contributed by atoms with Gasteiger partial charge in [0.25, 0.3) is 0 Å². The molecule has 0 aliphatic heterocycles. The second kappa shape index (κ2) is 7.92. The molecule has 1 radical (unpaired) electrons. The van der Waals surface area contributed by atoms with E-state index in [1.807, 2.05) is 36.4 Å². The SMILES string of the molecule is O=[C]OCOC(=O)OC/C=C/c1ccccc1. The number of benzene rings is 1. The van der Waals surface area contributed by atoms with Gasteiger partial charge in [0.1, 0.15) is 6.61 Å². The molecule has 0 aromatic heterocycles. The molecule has 0 heterocycles. The Labute approximate surface area is 98.6 Å². The van der Waals surface area contributed by atoms with Crippen LogP contribution in [0.3, 0.4) is 0 Å². The molecule has 17 heavy (non-hydrogen) atoms. The van der Waals surface area contributed by atoms with Crippen LogP contribution in [0.25, 0.3) is 6.08 Å². The molecule has 0 saturated carbocycles. The van der Waals surface area contributed by atoms with E-state index in [2.05, 4.69) is 14.2 Å². The van der Waals surface area contributed by atoms with Crippen LogP contribution in [0, 0.1) is 0 Å². The van der Waals surface area contributed by atoms with E-state index in [9.17, 15) is 9.59 Å². The Morgan fingerprint density at radius 2 is 2.00 bits per heavy atom. The summed E-state index contributed by atoms with van der Waals surface area (Å²) in [5, 5.41) is 0. The van der Waals surface area contributed by atoms with Gasteiger partial charge in [-0.15, -0.1) is 0 Å². The highest BCUT2D eigenvalue weighted by molar-refractivity contribution is 5.60. The maximum Gasteiger partial charge on any atom is 0.511 e. The van der Waals surface area contributed by atoms with Crippen LogP contribution in [0.2, 0.25) is 0 Å². The topological polar surface area (TPSA) is 61.8 Å². The van der Waals surface area contributed by atoms with Crippen molar-refractivity contribution in [3.05, 3.63) is 42.0 Å². The lowest BCUT2D eigenvalue weighted by Crippen LogP contribution is -2.09. The van der Waals surface area contributed by atoms with Crippen LogP contribution in [0.1, 0.15) is 5.56 Å². The first-order valence-corrected chi connectivity index (χ1v) is 4.83. The van der Waals surface area contributed by atoms with Gasteiger partial charge in [0.2, 0.25) is 6.79 Å². The van der Waals surface area contributed by atoms with Crippen LogP contribution in [-0.2, 0) is 19.0 Å². The van der Waals surface area contributed by atoms with E-state index in [4.69, 9.17) is 0 Å². The van der Waals surface area contributed by atoms with Crippen molar-refractivity contribution in [2.45, 2.75) is 0 Å². The van der Waals surface area contributed by atoms with Crippen LogP contribution in [0.15, 0.2) is 36.4 Å². The van der Waals surface area contributed by atoms with Crippen molar-refractivity contribution in [2.75, 3.05) is 13.4 Å². The van der Waals surface area contributed by atoms with Gasteiger partial charge in [-0.25, -0.2) is 9.59 Å². The zero-order valence-electron chi connectivity index (χ0n) is 9.00. The molecule has 0 fully saturated rings. The van der Waals surface area contributed by atoms with Crippen molar-refractivity contribution in [1.29, 1.82) is 0 Å². The number of carbonyl (C=O) groups excluding carboxylic acids is 2. The van der Waals surface area contributed by atoms with Gasteiger partial charge in [-0.2, -0.15) is 0 Å². The average Bonchev–Trinajstić information content (AvgIpc) is 2.36. The maximum absolute atomic E-state index is 10.8. The predicted octanol–water partition coefficient (Wildman–Crippen LogP) is 1.89. The Morgan fingerprint density at radius 3 is 2.71 bits per heavy atom. The number of rotatable bonds is 6. The Hall–Kier alpha value is -2.30.